The van der Waals surface area contributed by atoms with E-state index in [4.69, 9.17) is 10.1 Å². The molecular formula is C35H33NO. The molecule has 1 spiro atoms. The first-order chi connectivity index (χ1) is 17.8. The predicted molar refractivity (Wildman–Crippen MR) is 159 cm³/mol. The number of fused-ring (bicyclic) bond motifs is 4. The van der Waals surface area contributed by atoms with E-state index >= 15 is 0 Å². The van der Waals surface area contributed by atoms with E-state index in [0.717, 1.165) is 62.5 Å². The van der Waals surface area contributed by atoms with Gasteiger partial charge in [0.25, 0.3) is 0 Å². The first-order valence-electron chi connectivity index (χ1n) is 12.4. The van der Waals surface area contributed by atoms with Crippen molar-refractivity contribution >= 4 is 17.4 Å². The van der Waals surface area contributed by atoms with Crippen molar-refractivity contribution in [2.24, 2.45) is 0 Å². The van der Waals surface area contributed by atoms with Crippen molar-refractivity contribution in [2.45, 2.75) is 25.7 Å². The van der Waals surface area contributed by atoms with Crippen molar-refractivity contribution in [2.75, 3.05) is 0 Å². The van der Waals surface area contributed by atoms with Gasteiger partial charge in [0.2, 0.25) is 0 Å². The maximum Gasteiger partial charge on any atom is 0.131 e. The maximum atomic E-state index is 7.74. The zero-order valence-corrected chi connectivity index (χ0v) is 21.7. The minimum absolute atomic E-state index is 0.557. The first-order valence-corrected chi connectivity index (χ1v) is 12.4. The Morgan fingerprint density at radius 2 is 1.81 bits per heavy atom. The second-order valence-electron chi connectivity index (χ2n) is 9.18. The van der Waals surface area contributed by atoms with Crippen molar-refractivity contribution in [3.8, 4) is 5.75 Å². The predicted octanol–water partition coefficient (Wildman–Crippen LogP) is 9.08. The topological polar surface area (TPSA) is 33.1 Å². The van der Waals surface area contributed by atoms with E-state index in [2.05, 4.69) is 76.2 Å². The average molecular weight is 484 g/mol. The molecule has 1 heterocycles. The second-order valence-corrected chi connectivity index (χ2v) is 9.18. The summed E-state index contributed by atoms with van der Waals surface area (Å²) in [5, 5.41) is 7.74. The van der Waals surface area contributed by atoms with Gasteiger partial charge in [0.15, 0.2) is 0 Å². The van der Waals surface area contributed by atoms with Gasteiger partial charge < -0.3 is 10.1 Å². The normalized spacial score (nSPS) is 19.6. The van der Waals surface area contributed by atoms with Crippen LogP contribution in [0.15, 0.2) is 140 Å². The molecule has 2 aromatic rings. The number of nitrogens with one attached hydrogen (secondary N) is 1. The highest BCUT2D eigenvalue weighted by Crippen LogP contribution is 2.61. The molecule has 1 aliphatic heterocycles. The fraction of sp³-hybridized carbons (Fsp3) is 0.114. The molecule has 0 saturated heterocycles. The Labute approximate surface area is 220 Å². The Balaban J connectivity index is 2.20. The van der Waals surface area contributed by atoms with Gasteiger partial charge in [-0.15, -0.1) is 0 Å². The summed E-state index contributed by atoms with van der Waals surface area (Å²) in [5.41, 5.74) is 8.80. The first kappa shape index (κ1) is 25.7. The number of rotatable bonds is 8. The van der Waals surface area contributed by atoms with Crippen molar-refractivity contribution < 1.29 is 4.74 Å². The quantitative estimate of drug-likeness (QED) is 0.295. The number of allylic oxidation sites excluding steroid dienone is 13. The molecule has 0 amide bonds. The molecule has 1 atom stereocenters. The van der Waals surface area contributed by atoms with E-state index in [1.165, 1.54) is 6.21 Å². The summed E-state index contributed by atoms with van der Waals surface area (Å²) in [6.07, 6.45) is 14.1. The number of benzene rings is 2. The highest BCUT2D eigenvalue weighted by Gasteiger charge is 2.52. The number of ether oxygens (including phenoxy) is 1. The Bertz CT molecular complexity index is 1490. The average Bonchev–Trinajstić information content (AvgIpc) is 3.14. The summed E-state index contributed by atoms with van der Waals surface area (Å²) >= 11 is 0. The van der Waals surface area contributed by atoms with Crippen LogP contribution in [0.1, 0.15) is 42.5 Å². The van der Waals surface area contributed by atoms with Crippen LogP contribution >= 0.6 is 0 Å². The molecule has 37 heavy (non-hydrogen) atoms. The molecular weight excluding hydrogens is 450 g/mol. The summed E-state index contributed by atoms with van der Waals surface area (Å²) in [6.45, 7) is 24.9. The van der Waals surface area contributed by atoms with Crippen LogP contribution in [0.2, 0.25) is 0 Å². The van der Waals surface area contributed by atoms with Crippen LogP contribution in [0.3, 0.4) is 0 Å². The minimum atomic E-state index is -0.682. The van der Waals surface area contributed by atoms with Crippen LogP contribution in [-0.4, -0.2) is 6.21 Å². The second kappa shape index (κ2) is 10.3. The SMILES string of the molecule is C=C/C=C(\C=C)c1ccc2c(c1)C1(C(/C=C\CC)=C(C)Oc3ccccc31)/C(=C/C(=C)C(=C)C=N)C2=C. The zero-order chi connectivity index (χ0) is 26.7. The van der Waals surface area contributed by atoms with E-state index in [1.54, 1.807) is 6.08 Å². The minimum Gasteiger partial charge on any atom is -0.461 e. The monoisotopic (exact) mass is 483 g/mol. The summed E-state index contributed by atoms with van der Waals surface area (Å²) < 4.78 is 6.39. The molecule has 0 fully saturated rings. The summed E-state index contributed by atoms with van der Waals surface area (Å²) in [6, 6.07) is 14.7. The molecule has 4 rings (SSSR count). The smallest absolute Gasteiger partial charge is 0.131 e. The van der Waals surface area contributed by atoms with Crippen LogP contribution in [0.4, 0.5) is 0 Å². The molecule has 0 saturated carbocycles. The molecule has 0 aromatic heterocycles. The molecule has 2 nitrogen and oxygen atoms in total. The Hall–Kier alpha value is -4.43. The maximum absolute atomic E-state index is 7.74. The van der Waals surface area contributed by atoms with Gasteiger partial charge in [-0.3, -0.25) is 0 Å². The molecule has 184 valence electrons. The zero-order valence-electron chi connectivity index (χ0n) is 21.7. The highest BCUT2D eigenvalue weighted by molar-refractivity contribution is 5.96. The summed E-state index contributed by atoms with van der Waals surface area (Å²) in [5.74, 6) is 1.65. The van der Waals surface area contributed by atoms with Crippen LogP contribution in [0, 0.1) is 5.41 Å². The summed E-state index contributed by atoms with van der Waals surface area (Å²) in [4.78, 5) is 0. The van der Waals surface area contributed by atoms with Gasteiger partial charge in [0.05, 0.1) is 5.41 Å². The van der Waals surface area contributed by atoms with E-state index < -0.39 is 5.41 Å². The van der Waals surface area contributed by atoms with Gasteiger partial charge >= 0.3 is 0 Å². The summed E-state index contributed by atoms with van der Waals surface area (Å²) in [7, 11) is 0. The highest BCUT2D eigenvalue weighted by atomic mass is 16.5. The van der Waals surface area contributed by atoms with E-state index in [1.807, 2.05) is 43.4 Å². The molecule has 2 heteroatoms. The lowest BCUT2D eigenvalue weighted by molar-refractivity contribution is 0.387. The lowest BCUT2D eigenvalue weighted by atomic mass is 9.64. The Morgan fingerprint density at radius 1 is 1.05 bits per heavy atom. The molecule has 2 aromatic carbocycles. The van der Waals surface area contributed by atoms with Gasteiger partial charge in [-0.25, -0.2) is 0 Å². The van der Waals surface area contributed by atoms with Crippen molar-refractivity contribution in [3.63, 3.8) is 0 Å². The fourth-order valence-electron chi connectivity index (χ4n) is 5.33. The number of hydrogen-bond donors (Lipinski definition) is 1. The molecule has 1 aliphatic carbocycles. The van der Waals surface area contributed by atoms with Crippen LogP contribution in [-0.2, 0) is 5.41 Å². The lowest BCUT2D eigenvalue weighted by Gasteiger charge is -2.40. The van der Waals surface area contributed by atoms with Crippen molar-refractivity contribution in [1.29, 1.82) is 5.41 Å². The van der Waals surface area contributed by atoms with Gasteiger partial charge in [0.1, 0.15) is 11.5 Å². The fourth-order valence-corrected chi connectivity index (χ4v) is 5.33. The number of hydrogen-bond acceptors (Lipinski definition) is 2. The third-order valence-corrected chi connectivity index (χ3v) is 7.09. The Morgan fingerprint density at radius 3 is 2.49 bits per heavy atom. The molecule has 1 N–H and O–H groups in total. The van der Waals surface area contributed by atoms with Crippen molar-refractivity contribution in [3.05, 3.63) is 162 Å². The van der Waals surface area contributed by atoms with E-state index in [9.17, 15) is 0 Å². The van der Waals surface area contributed by atoms with Gasteiger partial charge in [-0.1, -0.05) is 101 Å². The molecule has 2 aliphatic rings. The van der Waals surface area contributed by atoms with Crippen molar-refractivity contribution in [1.82, 2.24) is 0 Å². The van der Waals surface area contributed by atoms with Gasteiger partial charge in [-0.05, 0) is 76.1 Å². The number of para-hydroxylation sites is 1. The third kappa shape index (κ3) is 4.05. The largest absolute Gasteiger partial charge is 0.461 e. The van der Waals surface area contributed by atoms with Gasteiger partial charge in [0, 0.05) is 17.4 Å². The molecule has 0 radical (unpaired) electrons. The standard InChI is InChI=1S/C35H33NO/c1-8-11-15-30-26(7)37-34-17-13-12-16-31(34)35(30)32(20-23(4)24(5)22-36)25(6)29-19-18-28(21-33(29)35)27(10-3)14-9-2/h9-22,36H,2-6,8H2,1,7H3/b15-11-,27-14+,32-20+,36-22?. The molecule has 0 bridgehead atoms. The molecule has 1 unspecified atom stereocenters. The van der Waals surface area contributed by atoms with Gasteiger partial charge in [-0.2, -0.15) is 0 Å². The van der Waals surface area contributed by atoms with Crippen LogP contribution < -0.4 is 4.74 Å². The lowest BCUT2D eigenvalue weighted by Crippen LogP contribution is -2.34. The Kier molecular flexibility index (Phi) is 7.13. The van der Waals surface area contributed by atoms with E-state index in [0.29, 0.717) is 11.1 Å². The van der Waals surface area contributed by atoms with E-state index in [-0.39, 0.29) is 0 Å². The third-order valence-electron chi connectivity index (χ3n) is 7.09. The van der Waals surface area contributed by atoms with Crippen LogP contribution in [0.5, 0.6) is 5.75 Å². The van der Waals surface area contributed by atoms with Crippen LogP contribution in [0.25, 0.3) is 11.1 Å².